The topological polar surface area (TPSA) is 66.6 Å². The molecule has 2 rings (SSSR count). The first-order chi connectivity index (χ1) is 9.68. The molecule has 4 nitrogen and oxygen atoms in total. The number of aliphatic hydroxyl groups is 1. The predicted molar refractivity (Wildman–Crippen MR) is 80.5 cm³/mol. The highest BCUT2D eigenvalue weighted by Crippen LogP contribution is 2.25. The fourth-order valence-electron chi connectivity index (χ4n) is 3.55. The second-order valence-corrected chi connectivity index (χ2v) is 6.55. The molecule has 0 bridgehead atoms. The fraction of sp³-hybridized carbons (Fsp3) is 0.938. The maximum absolute atomic E-state index is 12.3. The third-order valence-electron chi connectivity index (χ3n) is 4.89. The van der Waals surface area contributed by atoms with Gasteiger partial charge >= 0.3 is 0 Å². The molecule has 3 N–H and O–H groups in total. The number of aliphatic hydroxyl groups excluding tert-OH is 1. The van der Waals surface area contributed by atoms with Crippen molar-refractivity contribution in [2.45, 2.75) is 69.9 Å². The monoisotopic (exact) mass is 282 g/mol. The van der Waals surface area contributed by atoms with Crippen molar-refractivity contribution in [3.63, 3.8) is 0 Å². The van der Waals surface area contributed by atoms with E-state index in [0.717, 1.165) is 38.8 Å². The van der Waals surface area contributed by atoms with Gasteiger partial charge in [-0.2, -0.15) is 0 Å². The van der Waals surface area contributed by atoms with E-state index in [4.69, 9.17) is 5.73 Å². The van der Waals surface area contributed by atoms with Gasteiger partial charge in [-0.05, 0) is 38.8 Å². The number of nitrogens with two attached hydrogens (primary N) is 1. The minimum atomic E-state index is -0.706. The molecule has 0 aromatic heterocycles. The Balaban J connectivity index is 1.80. The van der Waals surface area contributed by atoms with Crippen molar-refractivity contribution in [1.82, 2.24) is 4.90 Å². The van der Waals surface area contributed by atoms with Crippen LogP contribution in [0.4, 0.5) is 0 Å². The van der Waals surface area contributed by atoms with E-state index >= 15 is 0 Å². The van der Waals surface area contributed by atoms with Crippen LogP contribution < -0.4 is 5.73 Å². The van der Waals surface area contributed by atoms with Gasteiger partial charge in [0.2, 0.25) is 0 Å². The third-order valence-corrected chi connectivity index (χ3v) is 4.89. The summed E-state index contributed by atoms with van der Waals surface area (Å²) < 4.78 is 0. The second kappa shape index (κ2) is 8.11. The molecule has 4 heteroatoms. The van der Waals surface area contributed by atoms with Gasteiger partial charge in [0, 0.05) is 12.5 Å². The Morgan fingerprint density at radius 2 is 1.60 bits per heavy atom. The van der Waals surface area contributed by atoms with Gasteiger partial charge in [0.25, 0.3) is 0 Å². The van der Waals surface area contributed by atoms with Crippen LogP contribution in [0.15, 0.2) is 0 Å². The molecule has 20 heavy (non-hydrogen) atoms. The normalized spacial score (nSPS) is 25.9. The van der Waals surface area contributed by atoms with Crippen molar-refractivity contribution in [2.24, 2.45) is 11.7 Å². The summed E-state index contributed by atoms with van der Waals surface area (Å²) in [5.41, 5.74) is 6.02. The van der Waals surface area contributed by atoms with E-state index in [0.29, 0.717) is 6.54 Å². The largest absolute Gasteiger partial charge is 0.390 e. The molecule has 1 unspecified atom stereocenters. The Morgan fingerprint density at radius 3 is 2.20 bits per heavy atom. The van der Waals surface area contributed by atoms with Crippen LogP contribution in [0.3, 0.4) is 0 Å². The lowest BCUT2D eigenvalue weighted by atomic mass is 9.83. The first-order valence-electron chi connectivity index (χ1n) is 8.38. The average Bonchev–Trinajstić information content (AvgIpc) is 2.75. The Kier molecular flexibility index (Phi) is 6.46. The molecule has 2 aliphatic rings. The van der Waals surface area contributed by atoms with E-state index in [1.165, 1.54) is 32.1 Å². The number of hydrogen-bond donors (Lipinski definition) is 2. The zero-order valence-corrected chi connectivity index (χ0v) is 12.6. The maximum Gasteiger partial charge on any atom is 0.155 e. The van der Waals surface area contributed by atoms with Crippen LogP contribution in [0.1, 0.15) is 57.8 Å². The molecule has 1 saturated carbocycles. The molecule has 2 fully saturated rings. The van der Waals surface area contributed by atoms with Gasteiger partial charge in [-0.25, -0.2) is 0 Å². The zero-order chi connectivity index (χ0) is 14.4. The molecule has 1 aliphatic carbocycles. The molecule has 0 aromatic rings. The highest BCUT2D eigenvalue weighted by atomic mass is 16.3. The van der Waals surface area contributed by atoms with E-state index in [2.05, 4.69) is 4.90 Å². The van der Waals surface area contributed by atoms with Crippen LogP contribution in [0.25, 0.3) is 0 Å². The lowest BCUT2D eigenvalue weighted by molar-refractivity contribution is -0.127. The number of rotatable bonds is 5. The smallest absolute Gasteiger partial charge is 0.155 e. The third kappa shape index (κ3) is 4.54. The first-order valence-corrected chi connectivity index (χ1v) is 8.38. The summed E-state index contributed by atoms with van der Waals surface area (Å²) in [4.78, 5) is 14.6. The number of carbonyl (C=O) groups is 1. The SMILES string of the molecule is N[C@@H](C(=O)C1CCCCC1)C(O)CN1CCCCCC1. The fourth-order valence-corrected chi connectivity index (χ4v) is 3.55. The molecule has 116 valence electrons. The Morgan fingerprint density at radius 1 is 1.05 bits per heavy atom. The van der Waals surface area contributed by atoms with E-state index in [-0.39, 0.29) is 11.7 Å². The van der Waals surface area contributed by atoms with E-state index in [9.17, 15) is 9.90 Å². The minimum Gasteiger partial charge on any atom is -0.390 e. The highest BCUT2D eigenvalue weighted by molar-refractivity contribution is 5.86. The molecule has 1 aliphatic heterocycles. The van der Waals surface area contributed by atoms with Crippen molar-refractivity contribution in [2.75, 3.05) is 19.6 Å². The summed E-state index contributed by atoms with van der Waals surface area (Å²) in [6.07, 6.45) is 9.65. The van der Waals surface area contributed by atoms with E-state index < -0.39 is 12.1 Å². The molecule has 1 heterocycles. The van der Waals surface area contributed by atoms with Crippen molar-refractivity contribution >= 4 is 5.78 Å². The first kappa shape index (κ1) is 15.9. The Labute approximate surface area is 122 Å². The summed E-state index contributed by atoms with van der Waals surface area (Å²) in [6, 6.07) is -0.693. The summed E-state index contributed by atoms with van der Waals surface area (Å²) in [6.45, 7) is 2.61. The molecule has 2 atom stereocenters. The number of ketones is 1. The Bertz CT molecular complexity index is 295. The highest BCUT2D eigenvalue weighted by Gasteiger charge is 2.31. The van der Waals surface area contributed by atoms with Gasteiger partial charge in [0.05, 0.1) is 12.1 Å². The van der Waals surface area contributed by atoms with Gasteiger partial charge in [-0.1, -0.05) is 32.1 Å². The molecule has 0 aromatic carbocycles. The average molecular weight is 282 g/mol. The summed E-state index contributed by atoms with van der Waals surface area (Å²) in [5, 5.41) is 10.3. The molecule has 1 saturated heterocycles. The van der Waals surface area contributed by atoms with Crippen LogP contribution >= 0.6 is 0 Å². The number of hydrogen-bond acceptors (Lipinski definition) is 4. The van der Waals surface area contributed by atoms with Crippen LogP contribution in [-0.4, -0.2) is 47.6 Å². The quantitative estimate of drug-likeness (QED) is 0.805. The second-order valence-electron chi connectivity index (χ2n) is 6.55. The molecular formula is C16H30N2O2. The minimum absolute atomic E-state index is 0.0898. The van der Waals surface area contributed by atoms with Crippen LogP contribution in [-0.2, 0) is 4.79 Å². The van der Waals surface area contributed by atoms with Crippen LogP contribution in [0.2, 0.25) is 0 Å². The summed E-state index contributed by atoms with van der Waals surface area (Å²) in [7, 11) is 0. The standard InChI is InChI=1S/C16H30N2O2/c17-15(16(20)13-8-4-3-5-9-13)14(19)12-18-10-6-1-2-7-11-18/h13-15,19H,1-12,17H2/t14?,15-/m1/s1. The van der Waals surface area contributed by atoms with Crippen LogP contribution in [0, 0.1) is 5.92 Å². The molecule has 0 amide bonds. The van der Waals surface area contributed by atoms with E-state index in [1.807, 2.05) is 0 Å². The number of Topliss-reactive ketones (excluding diaryl/α,β-unsaturated/α-hetero) is 1. The number of β-amino-alcohol motifs (C(OH)–C–C–N with tert-alkyl or cyclic N) is 1. The number of likely N-dealkylation sites (tertiary alicyclic amines) is 1. The van der Waals surface area contributed by atoms with Gasteiger partial charge in [0.15, 0.2) is 5.78 Å². The number of nitrogens with zero attached hydrogens (tertiary/aromatic N) is 1. The summed E-state index contributed by atoms with van der Waals surface area (Å²) in [5.74, 6) is 0.185. The zero-order valence-electron chi connectivity index (χ0n) is 12.6. The van der Waals surface area contributed by atoms with Crippen molar-refractivity contribution in [1.29, 1.82) is 0 Å². The Hall–Kier alpha value is -0.450. The summed E-state index contributed by atoms with van der Waals surface area (Å²) >= 11 is 0. The van der Waals surface area contributed by atoms with Crippen molar-refractivity contribution in [3.8, 4) is 0 Å². The van der Waals surface area contributed by atoms with Gasteiger partial charge in [0.1, 0.15) is 0 Å². The van der Waals surface area contributed by atoms with Crippen molar-refractivity contribution in [3.05, 3.63) is 0 Å². The van der Waals surface area contributed by atoms with Gasteiger partial charge in [-0.3, -0.25) is 4.79 Å². The van der Waals surface area contributed by atoms with Crippen molar-refractivity contribution < 1.29 is 9.90 Å². The lowest BCUT2D eigenvalue weighted by Gasteiger charge is -2.29. The maximum atomic E-state index is 12.3. The van der Waals surface area contributed by atoms with Crippen LogP contribution in [0.5, 0.6) is 0 Å². The molecule has 0 spiro atoms. The lowest BCUT2D eigenvalue weighted by Crippen LogP contribution is -2.50. The molecule has 0 radical (unpaired) electrons. The van der Waals surface area contributed by atoms with Gasteiger partial charge in [-0.15, -0.1) is 0 Å². The van der Waals surface area contributed by atoms with Gasteiger partial charge < -0.3 is 15.7 Å². The predicted octanol–water partition coefficient (Wildman–Crippen LogP) is 1.70. The van der Waals surface area contributed by atoms with E-state index in [1.54, 1.807) is 0 Å². The number of carbonyl (C=O) groups excluding carboxylic acids is 1. The molecular weight excluding hydrogens is 252 g/mol.